The Labute approximate surface area is 123 Å². The fourth-order valence-electron chi connectivity index (χ4n) is 2.50. The van der Waals surface area contributed by atoms with Crippen LogP contribution in [0.15, 0.2) is 23.2 Å². The number of aromatic nitrogens is 1. The van der Waals surface area contributed by atoms with E-state index in [0.29, 0.717) is 19.6 Å². The molecule has 0 radical (unpaired) electrons. The summed E-state index contributed by atoms with van der Waals surface area (Å²) in [6.45, 7) is 1.44. The zero-order valence-corrected chi connectivity index (χ0v) is 12.3. The molecule has 8 nitrogen and oxygen atoms in total. The van der Waals surface area contributed by atoms with E-state index in [4.69, 9.17) is 5.73 Å². The summed E-state index contributed by atoms with van der Waals surface area (Å²) in [5.74, 6) is -0.0989. The molecule has 0 saturated carbocycles. The van der Waals surface area contributed by atoms with Crippen LogP contribution in [0.4, 0.5) is 5.82 Å². The summed E-state index contributed by atoms with van der Waals surface area (Å²) in [4.78, 5) is 13.4. The fourth-order valence-corrected chi connectivity index (χ4v) is 4.00. The summed E-state index contributed by atoms with van der Waals surface area (Å²) in [7, 11) is -3.65. The average molecular weight is 314 g/mol. The van der Waals surface area contributed by atoms with Gasteiger partial charge in [-0.15, -0.1) is 0 Å². The van der Waals surface area contributed by atoms with Gasteiger partial charge in [0.15, 0.2) is 6.20 Å². The maximum absolute atomic E-state index is 12.5. The van der Waals surface area contributed by atoms with Crippen molar-refractivity contribution in [1.82, 2.24) is 9.29 Å². The summed E-state index contributed by atoms with van der Waals surface area (Å²) >= 11 is 0. The molecule has 1 aliphatic heterocycles. The number of piperidine rings is 1. The van der Waals surface area contributed by atoms with Gasteiger partial charge in [-0.2, -0.15) is 4.31 Å². The highest BCUT2D eigenvalue weighted by molar-refractivity contribution is 7.89. The van der Waals surface area contributed by atoms with Crippen LogP contribution in [0.5, 0.6) is 0 Å². The summed E-state index contributed by atoms with van der Waals surface area (Å²) in [6, 6.07) is 2.33. The van der Waals surface area contributed by atoms with Gasteiger partial charge in [0.25, 0.3) is 0 Å². The number of nitrogens with zero attached hydrogens (tertiary/aromatic N) is 3. The molecule has 0 spiro atoms. The van der Waals surface area contributed by atoms with Crippen molar-refractivity contribution in [3.63, 3.8) is 0 Å². The van der Waals surface area contributed by atoms with Crippen LogP contribution in [0.1, 0.15) is 19.3 Å². The van der Waals surface area contributed by atoms with E-state index < -0.39 is 14.9 Å². The molecule has 2 rings (SSSR count). The van der Waals surface area contributed by atoms with Gasteiger partial charge in [-0.05, 0) is 47.7 Å². The molecule has 1 unspecified atom stereocenters. The maximum atomic E-state index is 12.5. The van der Waals surface area contributed by atoms with Crippen molar-refractivity contribution in [2.24, 2.45) is 11.7 Å². The van der Waals surface area contributed by atoms with E-state index >= 15 is 0 Å². The third-order valence-corrected chi connectivity index (χ3v) is 5.45. The average Bonchev–Trinajstić information content (AvgIpc) is 2.48. The van der Waals surface area contributed by atoms with Crippen molar-refractivity contribution in [3.05, 3.63) is 28.4 Å². The van der Waals surface area contributed by atoms with Gasteiger partial charge >= 0.3 is 5.82 Å². The number of pyridine rings is 1. The van der Waals surface area contributed by atoms with Crippen LogP contribution in [0, 0.1) is 16.0 Å². The largest absolute Gasteiger partial charge is 0.363 e. The van der Waals surface area contributed by atoms with Gasteiger partial charge in [-0.3, -0.25) is 0 Å². The predicted octanol–water partition coefficient (Wildman–Crippen LogP) is 0.739. The van der Waals surface area contributed by atoms with Crippen molar-refractivity contribution in [1.29, 1.82) is 0 Å². The molecule has 9 heteroatoms. The molecule has 1 aromatic heterocycles. The summed E-state index contributed by atoms with van der Waals surface area (Å²) < 4.78 is 26.4. The lowest BCUT2D eigenvalue weighted by Gasteiger charge is -2.31. The van der Waals surface area contributed by atoms with Gasteiger partial charge in [-0.1, -0.05) is 0 Å². The van der Waals surface area contributed by atoms with Gasteiger partial charge in [0.05, 0.1) is 0 Å². The van der Waals surface area contributed by atoms with Crippen LogP contribution in [0.25, 0.3) is 0 Å². The first kappa shape index (κ1) is 15.8. The molecule has 1 aromatic rings. The lowest BCUT2D eigenvalue weighted by atomic mass is 9.96. The number of hydrogen-bond acceptors (Lipinski definition) is 6. The van der Waals surface area contributed by atoms with Gasteiger partial charge in [0.1, 0.15) is 4.90 Å². The van der Waals surface area contributed by atoms with Crippen LogP contribution in [-0.2, 0) is 10.0 Å². The third-order valence-electron chi connectivity index (χ3n) is 3.60. The number of rotatable bonds is 5. The fraction of sp³-hybridized carbons (Fsp3) is 0.583. The molecule has 116 valence electrons. The number of hydrogen-bond donors (Lipinski definition) is 1. The monoisotopic (exact) mass is 314 g/mol. The molecule has 21 heavy (non-hydrogen) atoms. The molecule has 1 saturated heterocycles. The van der Waals surface area contributed by atoms with E-state index in [-0.39, 0.29) is 16.6 Å². The Hall–Kier alpha value is -1.58. The minimum absolute atomic E-state index is 0.0125. The topological polar surface area (TPSA) is 119 Å². The van der Waals surface area contributed by atoms with Crippen molar-refractivity contribution in [3.8, 4) is 0 Å². The number of nitrogens with two attached hydrogens (primary N) is 1. The van der Waals surface area contributed by atoms with Crippen LogP contribution >= 0.6 is 0 Å². The normalized spacial score (nSPS) is 20.3. The Balaban J connectivity index is 2.18. The van der Waals surface area contributed by atoms with E-state index in [1.165, 1.54) is 10.4 Å². The second-order valence-corrected chi connectivity index (χ2v) is 7.00. The smallest absolute Gasteiger partial charge is 0.358 e. The van der Waals surface area contributed by atoms with Crippen molar-refractivity contribution >= 4 is 15.8 Å². The van der Waals surface area contributed by atoms with Crippen LogP contribution in [0.3, 0.4) is 0 Å². The quantitative estimate of drug-likeness (QED) is 0.632. The predicted molar refractivity (Wildman–Crippen MR) is 76.0 cm³/mol. The van der Waals surface area contributed by atoms with Crippen LogP contribution in [0.2, 0.25) is 0 Å². The molecule has 1 fully saturated rings. The number of sulfonamides is 1. The standard InChI is InChI=1S/C12H18N4O4S/c13-6-5-10-2-1-7-15(9-10)21(19,20)11-3-4-12(14-8-11)16(17)18/h3-4,8,10H,1-2,5-7,9,13H2. The first-order chi connectivity index (χ1) is 9.95. The molecule has 1 atom stereocenters. The molecular formula is C12H18N4O4S. The molecule has 0 bridgehead atoms. The highest BCUT2D eigenvalue weighted by atomic mass is 32.2. The number of nitro groups is 1. The minimum Gasteiger partial charge on any atom is -0.358 e. The van der Waals surface area contributed by atoms with Crippen LogP contribution < -0.4 is 5.73 Å². The second kappa shape index (κ2) is 6.46. The molecule has 2 N–H and O–H groups in total. The van der Waals surface area contributed by atoms with Crippen molar-refractivity contribution in [2.45, 2.75) is 24.2 Å². The van der Waals surface area contributed by atoms with E-state index in [0.717, 1.165) is 31.5 Å². The zero-order chi connectivity index (χ0) is 15.5. The Bertz CT molecular complexity index is 600. The lowest BCUT2D eigenvalue weighted by molar-refractivity contribution is -0.389. The van der Waals surface area contributed by atoms with Crippen LogP contribution in [-0.4, -0.2) is 42.3 Å². The van der Waals surface area contributed by atoms with Crippen molar-refractivity contribution in [2.75, 3.05) is 19.6 Å². The van der Waals surface area contributed by atoms with E-state index in [1.807, 2.05) is 0 Å². The van der Waals surface area contributed by atoms with Gasteiger partial charge in [0.2, 0.25) is 10.0 Å². The second-order valence-electron chi connectivity index (χ2n) is 5.06. The van der Waals surface area contributed by atoms with E-state index in [9.17, 15) is 18.5 Å². The highest BCUT2D eigenvalue weighted by Crippen LogP contribution is 2.25. The van der Waals surface area contributed by atoms with E-state index in [1.54, 1.807) is 0 Å². The Morgan fingerprint density at radius 2 is 2.24 bits per heavy atom. The molecule has 1 aliphatic rings. The molecule has 0 aliphatic carbocycles. The van der Waals surface area contributed by atoms with Gasteiger partial charge < -0.3 is 15.8 Å². The first-order valence-corrected chi connectivity index (χ1v) is 8.20. The summed E-state index contributed by atoms with van der Waals surface area (Å²) in [6.07, 6.45) is 3.61. The maximum Gasteiger partial charge on any atom is 0.363 e. The Morgan fingerprint density at radius 1 is 1.48 bits per heavy atom. The summed E-state index contributed by atoms with van der Waals surface area (Å²) in [5.41, 5.74) is 5.53. The van der Waals surface area contributed by atoms with Gasteiger partial charge in [0, 0.05) is 19.2 Å². The lowest BCUT2D eigenvalue weighted by Crippen LogP contribution is -2.40. The summed E-state index contributed by atoms with van der Waals surface area (Å²) in [5, 5.41) is 10.5. The Morgan fingerprint density at radius 3 is 2.81 bits per heavy atom. The molecular weight excluding hydrogens is 296 g/mol. The first-order valence-electron chi connectivity index (χ1n) is 6.76. The van der Waals surface area contributed by atoms with Gasteiger partial charge in [-0.25, -0.2) is 8.42 Å². The Kier molecular flexibility index (Phi) is 4.86. The third kappa shape index (κ3) is 3.55. The molecule has 2 heterocycles. The highest BCUT2D eigenvalue weighted by Gasteiger charge is 2.31. The zero-order valence-electron chi connectivity index (χ0n) is 11.5. The molecule has 0 amide bonds. The SMILES string of the molecule is NCCC1CCCN(S(=O)(=O)c2ccc([N+](=O)[O-])nc2)C1. The van der Waals surface area contributed by atoms with Crippen molar-refractivity contribution < 1.29 is 13.3 Å². The molecule has 0 aromatic carbocycles. The van der Waals surface area contributed by atoms with E-state index in [2.05, 4.69) is 4.98 Å². The minimum atomic E-state index is -3.65.